The molecule has 0 fully saturated rings. The van der Waals surface area contributed by atoms with Crippen LogP contribution in [0.1, 0.15) is 24.2 Å². The molecule has 0 spiro atoms. The van der Waals surface area contributed by atoms with Gasteiger partial charge in [-0.1, -0.05) is 0 Å². The van der Waals surface area contributed by atoms with E-state index in [0.29, 0.717) is 0 Å². The van der Waals surface area contributed by atoms with Crippen molar-refractivity contribution in [2.75, 3.05) is 6.54 Å². The average Bonchev–Trinajstić information content (AvgIpc) is 2.36. The van der Waals surface area contributed by atoms with Crippen molar-refractivity contribution in [1.82, 2.24) is 5.32 Å². The first-order valence-electron chi connectivity index (χ1n) is 5.79. The second-order valence-corrected chi connectivity index (χ2v) is 4.77. The molecule has 1 aromatic carbocycles. The van der Waals surface area contributed by atoms with Crippen molar-refractivity contribution in [1.29, 1.82) is 0 Å². The molecule has 0 saturated heterocycles. The molecule has 1 amide bonds. The van der Waals surface area contributed by atoms with Gasteiger partial charge in [-0.15, -0.1) is 0 Å². The lowest BCUT2D eigenvalue weighted by Gasteiger charge is -2.19. The van der Waals surface area contributed by atoms with Gasteiger partial charge in [0.05, 0.1) is 5.41 Å². The number of rotatable bonds is 6. The van der Waals surface area contributed by atoms with E-state index in [2.05, 4.69) is 10.1 Å². The fourth-order valence-corrected chi connectivity index (χ4v) is 1.27. The van der Waals surface area contributed by atoms with Crippen molar-refractivity contribution in [3.8, 4) is 5.75 Å². The topological polar surface area (TPSA) is 75.6 Å². The van der Waals surface area contributed by atoms with Crippen LogP contribution in [0.4, 0.5) is 8.78 Å². The molecule has 0 bridgehead atoms. The first-order chi connectivity index (χ1) is 9.22. The summed E-state index contributed by atoms with van der Waals surface area (Å²) in [6.45, 7) is -0.00747. The third kappa shape index (κ3) is 4.49. The normalized spacial score (nSPS) is 11.2. The lowest BCUT2D eigenvalue weighted by atomic mass is 9.94. The molecule has 2 N–H and O–H groups in total. The molecule has 7 heteroatoms. The zero-order valence-electron chi connectivity index (χ0n) is 11.0. The lowest BCUT2D eigenvalue weighted by Crippen LogP contribution is -2.38. The van der Waals surface area contributed by atoms with Crippen molar-refractivity contribution in [3.63, 3.8) is 0 Å². The zero-order chi connectivity index (χ0) is 15.3. The van der Waals surface area contributed by atoms with Crippen molar-refractivity contribution >= 4 is 11.9 Å². The van der Waals surface area contributed by atoms with E-state index in [9.17, 15) is 18.4 Å². The number of alkyl halides is 2. The number of nitrogens with one attached hydrogen (secondary N) is 1. The Morgan fingerprint density at radius 2 is 1.85 bits per heavy atom. The van der Waals surface area contributed by atoms with Gasteiger partial charge >= 0.3 is 12.6 Å². The number of carbonyl (C=O) groups is 2. The third-order valence-electron chi connectivity index (χ3n) is 2.61. The fourth-order valence-electron chi connectivity index (χ4n) is 1.27. The highest BCUT2D eigenvalue weighted by Crippen LogP contribution is 2.16. The Morgan fingerprint density at radius 1 is 1.30 bits per heavy atom. The van der Waals surface area contributed by atoms with Gasteiger partial charge in [0.15, 0.2) is 0 Å². The van der Waals surface area contributed by atoms with Gasteiger partial charge in [-0.3, -0.25) is 9.59 Å². The summed E-state index contributed by atoms with van der Waals surface area (Å²) in [5.74, 6) is -1.57. The fraction of sp³-hybridized carbons (Fsp3) is 0.385. The van der Waals surface area contributed by atoms with Crippen LogP contribution in [0.15, 0.2) is 24.3 Å². The largest absolute Gasteiger partial charge is 0.481 e. The second kappa shape index (κ2) is 6.31. The first-order valence-corrected chi connectivity index (χ1v) is 5.79. The predicted molar refractivity (Wildman–Crippen MR) is 66.8 cm³/mol. The number of aliphatic carboxylic acids is 1. The van der Waals surface area contributed by atoms with Gasteiger partial charge < -0.3 is 15.2 Å². The number of benzene rings is 1. The highest BCUT2D eigenvalue weighted by atomic mass is 19.3. The first kappa shape index (κ1) is 15.9. The van der Waals surface area contributed by atoms with Crippen LogP contribution in [-0.2, 0) is 4.79 Å². The highest BCUT2D eigenvalue weighted by molar-refractivity contribution is 5.94. The molecule has 0 aromatic heterocycles. The summed E-state index contributed by atoms with van der Waals surface area (Å²) >= 11 is 0. The molecule has 0 aliphatic heterocycles. The van der Waals surface area contributed by atoms with E-state index < -0.39 is 23.9 Å². The summed E-state index contributed by atoms with van der Waals surface area (Å²) in [5, 5.41) is 11.4. The molecule has 1 aromatic rings. The maximum absolute atomic E-state index is 12.0. The van der Waals surface area contributed by atoms with Gasteiger partial charge in [0.1, 0.15) is 5.75 Å². The molecule has 0 heterocycles. The quantitative estimate of drug-likeness (QED) is 0.840. The highest BCUT2D eigenvalue weighted by Gasteiger charge is 2.27. The summed E-state index contributed by atoms with van der Waals surface area (Å²) in [6, 6.07) is 5.12. The SMILES string of the molecule is CC(C)(CNC(=O)c1ccc(OC(F)F)cc1)C(=O)O. The van der Waals surface area contributed by atoms with Gasteiger partial charge in [0, 0.05) is 12.1 Å². The molecule has 5 nitrogen and oxygen atoms in total. The summed E-state index contributed by atoms with van der Waals surface area (Å²) in [7, 11) is 0. The van der Waals surface area contributed by atoms with Crippen molar-refractivity contribution in [2.24, 2.45) is 5.41 Å². The van der Waals surface area contributed by atoms with E-state index in [1.54, 1.807) is 0 Å². The van der Waals surface area contributed by atoms with Gasteiger partial charge in [0.2, 0.25) is 0 Å². The predicted octanol–water partition coefficient (Wildman–Crippen LogP) is 2.13. The van der Waals surface area contributed by atoms with E-state index in [4.69, 9.17) is 5.11 Å². The molecular formula is C13H15F2NO4. The molecule has 20 heavy (non-hydrogen) atoms. The Kier molecular flexibility index (Phi) is 5.01. The lowest BCUT2D eigenvalue weighted by molar-refractivity contribution is -0.146. The van der Waals surface area contributed by atoms with Crippen molar-refractivity contribution in [3.05, 3.63) is 29.8 Å². The van der Waals surface area contributed by atoms with Crippen LogP contribution in [0.25, 0.3) is 0 Å². The summed E-state index contributed by atoms with van der Waals surface area (Å²) in [5.41, 5.74) is -0.859. The van der Waals surface area contributed by atoms with Crippen molar-refractivity contribution < 1.29 is 28.2 Å². The molecule has 0 radical (unpaired) electrons. The van der Waals surface area contributed by atoms with Gasteiger partial charge in [0.25, 0.3) is 5.91 Å². The maximum Gasteiger partial charge on any atom is 0.387 e. The zero-order valence-corrected chi connectivity index (χ0v) is 11.0. The smallest absolute Gasteiger partial charge is 0.387 e. The molecule has 0 aliphatic rings. The Balaban J connectivity index is 2.62. The van der Waals surface area contributed by atoms with Crippen LogP contribution in [-0.4, -0.2) is 30.1 Å². The number of amides is 1. The van der Waals surface area contributed by atoms with E-state index in [0.717, 1.165) is 0 Å². The van der Waals surface area contributed by atoms with E-state index in [1.807, 2.05) is 0 Å². The Bertz CT molecular complexity index is 486. The minimum atomic E-state index is -2.92. The van der Waals surface area contributed by atoms with Crippen LogP contribution in [0, 0.1) is 5.41 Å². The Hall–Kier alpha value is -2.18. The van der Waals surface area contributed by atoms with Crippen molar-refractivity contribution in [2.45, 2.75) is 20.5 Å². The van der Waals surface area contributed by atoms with Crippen LogP contribution < -0.4 is 10.1 Å². The number of hydrogen-bond donors (Lipinski definition) is 2. The number of halogens is 2. The number of hydrogen-bond acceptors (Lipinski definition) is 3. The van der Waals surface area contributed by atoms with Gasteiger partial charge in [-0.25, -0.2) is 0 Å². The Morgan fingerprint density at radius 3 is 2.30 bits per heavy atom. The minimum absolute atomic E-state index is 0.0452. The second-order valence-electron chi connectivity index (χ2n) is 4.77. The standard InChI is InChI=1S/C13H15F2NO4/c1-13(2,11(18)19)7-16-10(17)8-3-5-9(6-4-8)20-12(14)15/h3-6,12H,7H2,1-2H3,(H,16,17)(H,18,19). The van der Waals surface area contributed by atoms with Crippen LogP contribution >= 0.6 is 0 Å². The number of ether oxygens (including phenoxy) is 1. The van der Waals surface area contributed by atoms with Crippen LogP contribution in [0.5, 0.6) is 5.75 Å². The summed E-state index contributed by atoms with van der Waals surface area (Å²) in [4.78, 5) is 22.6. The molecule has 0 saturated carbocycles. The number of carboxylic acids is 1. The van der Waals surface area contributed by atoms with Gasteiger partial charge in [-0.2, -0.15) is 8.78 Å². The third-order valence-corrected chi connectivity index (χ3v) is 2.61. The maximum atomic E-state index is 12.0. The average molecular weight is 287 g/mol. The summed E-state index contributed by atoms with van der Waals surface area (Å²) < 4.78 is 28.1. The van der Waals surface area contributed by atoms with Gasteiger partial charge in [-0.05, 0) is 38.1 Å². The molecule has 0 aliphatic carbocycles. The summed E-state index contributed by atoms with van der Waals surface area (Å²) in [6.07, 6.45) is 0. The molecular weight excluding hydrogens is 272 g/mol. The van der Waals surface area contributed by atoms with E-state index >= 15 is 0 Å². The molecule has 110 valence electrons. The molecule has 0 atom stereocenters. The Labute approximate surface area is 114 Å². The molecule has 0 unspecified atom stereocenters. The number of carboxylic acid groups (broad SMARTS) is 1. The van der Waals surface area contributed by atoms with Crippen LogP contribution in [0.3, 0.4) is 0 Å². The number of carbonyl (C=O) groups excluding carboxylic acids is 1. The molecule has 1 rings (SSSR count). The monoisotopic (exact) mass is 287 g/mol. The van der Waals surface area contributed by atoms with E-state index in [1.165, 1.54) is 38.1 Å². The minimum Gasteiger partial charge on any atom is -0.481 e. The van der Waals surface area contributed by atoms with Crippen LogP contribution in [0.2, 0.25) is 0 Å². The van der Waals surface area contributed by atoms with E-state index in [-0.39, 0.29) is 17.9 Å².